The number of nitrogens with one attached hydrogen (secondary N) is 1. The molecule has 1 atom stereocenters. The van der Waals surface area contributed by atoms with Crippen molar-refractivity contribution in [3.05, 3.63) is 29.8 Å². The summed E-state index contributed by atoms with van der Waals surface area (Å²) in [6, 6.07) is 9.27. The van der Waals surface area contributed by atoms with Crippen LogP contribution in [0.4, 0.5) is 5.69 Å². The second kappa shape index (κ2) is 7.28. The van der Waals surface area contributed by atoms with Crippen molar-refractivity contribution < 1.29 is 5.11 Å². The van der Waals surface area contributed by atoms with Crippen LogP contribution in [0.25, 0.3) is 0 Å². The third kappa shape index (κ3) is 4.72. The fraction of sp³-hybridized carbons (Fsp3) is 0.667. The van der Waals surface area contributed by atoms with Gasteiger partial charge in [-0.1, -0.05) is 19.1 Å². The van der Waals surface area contributed by atoms with Crippen molar-refractivity contribution >= 4 is 5.69 Å². The highest BCUT2D eigenvalue weighted by Gasteiger charge is 2.33. The first-order chi connectivity index (χ1) is 10.1. The molecule has 1 aromatic rings. The number of benzene rings is 1. The maximum atomic E-state index is 9.80. The summed E-state index contributed by atoms with van der Waals surface area (Å²) in [5.74, 6) is 0. The summed E-state index contributed by atoms with van der Waals surface area (Å²) < 4.78 is 0. The van der Waals surface area contributed by atoms with Crippen LogP contribution in [0.5, 0.6) is 0 Å². The number of anilines is 1. The molecule has 0 aliphatic heterocycles. The number of aliphatic hydroxyl groups is 1. The fourth-order valence-electron chi connectivity index (χ4n) is 2.90. The van der Waals surface area contributed by atoms with Crippen molar-refractivity contribution in [2.45, 2.75) is 57.5 Å². The van der Waals surface area contributed by atoms with E-state index in [1.54, 1.807) is 0 Å². The van der Waals surface area contributed by atoms with Crippen LogP contribution in [0.15, 0.2) is 24.3 Å². The quantitative estimate of drug-likeness (QED) is 0.733. The number of aryl methyl sites for hydroxylation is 1. The molecule has 0 radical (unpaired) electrons. The minimum Gasteiger partial charge on any atom is -0.394 e. The largest absolute Gasteiger partial charge is 0.394 e. The molecule has 0 amide bonds. The van der Waals surface area contributed by atoms with E-state index in [2.05, 4.69) is 55.4 Å². The number of hydrogen-bond donors (Lipinski definition) is 2. The molecular weight excluding hydrogens is 260 g/mol. The van der Waals surface area contributed by atoms with Crippen molar-refractivity contribution in [1.29, 1.82) is 0 Å². The molecule has 1 fully saturated rings. The monoisotopic (exact) mass is 290 g/mol. The first kappa shape index (κ1) is 16.3. The molecule has 118 valence electrons. The molecule has 3 heteroatoms. The summed E-state index contributed by atoms with van der Waals surface area (Å²) in [6.45, 7) is 5.58. The van der Waals surface area contributed by atoms with Crippen LogP contribution in [0.1, 0.15) is 44.6 Å². The van der Waals surface area contributed by atoms with E-state index in [4.69, 9.17) is 0 Å². The van der Waals surface area contributed by atoms with Crippen LogP contribution in [-0.2, 0) is 0 Å². The van der Waals surface area contributed by atoms with Gasteiger partial charge in [-0.15, -0.1) is 0 Å². The Labute approximate surface area is 129 Å². The van der Waals surface area contributed by atoms with Gasteiger partial charge in [-0.3, -0.25) is 0 Å². The Hall–Kier alpha value is -1.06. The molecule has 0 heterocycles. The molecule has 1 unspecified atom stereocenters. The first-order valence-electron chi connectivity index (χ1n) is 8.25. The molecule has 1 aliphatic carbocycles. The van der Waals surface area contributed by atoms with Crippen LogP contribution in [-0.4, -0.2) is 36.9 Å². The average molecular weight is 290 g/mol. The highest BCUT2D eigenvalue weighted by atomic mass is 16.3. The molecule has 0 bridgehead atoms. The molecule has 21 heavy (non-hydrogen) atoms. The standard InChI is InChI=1S/C18H30N2O/c1-4-18(14-21,19-16-9-10-16)11-6-12-20(3)17-8-5-7-15(2)13-17/h5,7-8,13,16,19,21H,4,6,9-12,14H2,1-3H3. The second-order valence-corrected chi connectivity index (χ2v) is 6.57. The number of hydrogen-bond acceptors (Lipinski definition) is 3. The molecule has 0 saturated heterocycles. The van der Waals surface area contributed by atoms with Crippen molar-refractivity contribution in [2.75, 3.05) is 25.1 Å². The van der Waals surface area contributed by atoms with Crippen LogP contribution >= 0.6 is 0 Å². The predicted molar refractivity (Wildman–Crippen MR) is 89.9 cm³/mol. The summed E-state index contributed by atoms with van der Waals surface area (Å²) in [7, 11) is 2.15. The van der Waals surface area contributed by atoms with E-state index in [0.717, 1.165) is 25.8 Å². The van der Waals surface area contributed by atoms with E-state index in [-0.39, 0.29) is 12.1 Å². The average Bonchev–Trinajstić information content (AvgIpc) is 3.30. The van der Waals surface area contributed by atoms with Gasteiger partial charge >= 0.3 is 0 Å². The van der Waals surface area contributed by atoms with Gasteiger partial charge in [0.25, 0.3) is 0 Å². The summed E-state index contributed by atoms with van der Waals surface area (Å²) in [6.07, 6.45) is 5.66. The van der Waals surface area contributed by atoms with E-state index in [1.807, 2.05) is 0 Å². The third-order valence-electron chi connectivity index (χ3n) is 4.66. The molecule has 1 saturated carbocycles. The Morgan fingerprint density at radius 3 is 2.71 bits per heavy atom. The van der Waals surface area contributed by atoms with Gasteiger partial charge in [0.1, 0.15) is 0 Å². The zero-order valence-corrected chi connectivity index (χ0v) is 13.7. The van der Waals surface area contributed by atoms with Gasteiger partial charge in [-0.05, 0) is 56.7 Å². The maximum absolute atomic E-state index is 9.80. The van der Waals surface area contributed by atoms with Gasteiger partial charge in [0.2, 0.25) is 0 Å². The number of aliphatic hydroxyl groups excluding tert-OH is 1. The minimum atomic E-state index is -0.0748. The fourth-order valence-corrected chi connectivity index (χ4v) is 2.90. The topological polar surface area (TPSA) is 35.5 Å². The van der Waals surface area contributed by atoms with Crippen LogP contribution in [0.2, 0.25) is 0 Å². The Bertz CT molecular complexity index is 439. The molecule has 2 rings (SSSR count). The van der Waals surface area contributed by atoms with Crippen LogP contribution in [0.3, 0.4) is 0 Å². The summed E-state index contributed by atoms with van der Waals surface area (Å²) in [5, 5.41) is 13.5. The van der Waals surface area contributed by atoms with Crippen molar-refractivity contribution in [1.82, 2.24) is 5.32 Å². The van der Waals surface area contributed by atoms with Crippen LogP contribution < -0.4 is 10.2 Å². The van der Waals surface area contributed by atoms with Crippen molar-refractivity contribution in [2.24, 2.45) is 0 Å². The maximum Gasteiger partial charge on any atom is 0.0613 e. The van der Waals surface area contributed by atoms with Gasteiger partial charge in [-0.2, -0.15) is 0 Å². The lowest BCUT2D eigenvalue weighted by atomic mass is 9.91. The summed E-state index contributed by atoms with van der Waals surface area (Å²) in [4.78, 5) is 2.31. The van der Waals surface area contributed by atoms with Crippen molar-refractivity contribution in [3.63, 3.8) is 0 Å². The number of nitrogens with zero attached hydrogens (tertiary/aromatic N) is 1. The first-order valence-corrected chi connectivity index (χ1v) is 8.25. The SMILES string of the molecule is CCC(CO)(CCCN(C)c1cccc(C)c1)NC1CC1. The lowest BCUT2D eigenvalue weighted by molar-refractivity contribution is 0.143. The number of rotatable bonds is 9. The lowest BCUT2D eigenvalue weighted by Crippen LogP contribution is -2.49. The third-order valence-corrected chi connectivity index (χ3v) is 4.66. The van der Waals surface area contributed by atoms with E-state index in [0.29, 0.717) is 6.04 Å². The van der Waals surface area contributed by atoms with Crippen LogP contribution in [0, 0.1) is 6.92 Å². The minimum absolute atomic E-state index is 0.0748. The Morgan fingerprint density at radius 1 is 1.38 bits per heavy atom. The van der Waals surface area contributed by atoms with Gasteiger partial charge in [-0.25, -0.2) is 0 Å². The van der Waals surface area contributed by atoms with E-state index in [9.17, 15) is 5.11 Å². The highest BCUT2D eigenvalue weighted by molar-refractivity contribution is 5.47. The zero-order valence-electron chi connectivity index (χ0n) is 13.7. The molecule has 3 nitrogen and oxygen atoms in total. The summed E-state index contributed by atoms with van der Waals surface area (Å²) in [5.41, 5.74) is 2.50. The van der Waals surface area contributed by atoms with Gasteiger partial charge in [0, 0.05) is 30.9 Å². The normalized spacial score (nSPS) is 17.5. The van der Waals surface area contributed by atoms with E-state index < -0.39 is 0 Å². The smallest absolute Gasteiger partial charge is 0.0613 e. The molecule has 1 aromatic carbocycles. The van der Waals surface area contributed by atoms with Gasteiger partial charge < -0.3 is 15.3 Å². The molecule has 0 spiro atoms. The van der Waals surface area contributed by atoms with E-state index in [1.165, 1.54) is 24.1 Å². The lowest BCUT2D eigenvalue weighted by Gasteiger charge is -2.33. The molecule has 1 aliphatic rings. The predicted octanol–water partition coefficient (Wildman–Crippen LogP) is 3.10. The zero-order chi connectivity index (χ0) is 15.3. The second-order valence-electron chi connectivity index (χ2n) is 6.57. The molecule has 0 aromatic heterocycles. The van der Waals surface area contributed by atoms with Gasteiger partial charge in [0.15, 0.2) is 0 Å². The Kier molecular flexibility index (Phi) is 5.65. The summed E-state index contributed by atoms with van der Waals surface area (Å²) >= 11 is 0. The Morgan fingerprint density at radius 2 is 2.14 bits per heavy atom. The van der Waals surface area contributed by atoms with Gasteiger partial charge in [0.05, 0.1) is 6.61 Å². The van der Waals surface area contributed by atoms with Crippen molar-refractivity contribution in [3.8, 4) is 0 Å². The molecular formula is C18H30N2O. The van der Waals surface area contributed by atoms with E-state index >= 15 is 0 Å². The highest BCUT2D eigenvalue weighted by Crippen LogP contribution is 2.27. The Balaban J connectivity index is 1.83. The molecule has 2 N–H and O–H groups in total.